The Labute approximate surface area is 212 Å². The van der Waals surface area contributed by atoms with Crippen molar-refractivity contribution in [2.45, 2.75) is 71.6 Å². The lowest BCUT2D eigenvalue weighted by molar-refractivity contribution is -0.141. The number of nitrogens with zero attached hydrogens (tertiary/aromatic N) is 1. The van der Waals surface area contributed by atoms with Gasteiger partial charge in [-0.25, -0.2) is 0 Å². The molecule has 0 bridgehead atoms. The Balaban J connectivity index is 1.84. The van der Waals surface area contributed by atoms with Gasteiger partial charge in [-0.1, -0.05) is 25.0 Å². The molecule has 1 N–H and O–H groups in total. The van der Waals surface area contributed by atoms with Gasteiger partial charge in [-0.15, -0.1) is 0 Å². The first-order chi connectivity index (χ1) is 17.3. The van der Waals surface area contributed by atoms with Crippen molar-refractivity contribution in [3.05, 3.63) is 59.2 Å². The Kier molecular flexibility index (Phi) is 7.87. The Morgan fingerprint density at radius 3 is 2.22 bits per heavy atom. The summed E-state index contributed by atoms with van der Waals surface area (Å²) in [6.45, 7) is 8.49. The van der Waals surface area contributed by atoms with Gasteiger partial charge in [-0.05, 0) is 70.4 Å². The number of carbonyl (C=O) groups excluding carboxylic acids is 2. The van der Waals surface area contributed by atoms with Crippen molar-refractivity contribution in [2.24, 2.45) is 0 Å². The highest BCUT2D eigenvalue weighted by Crippen LogP contribution is 2.45. The topological polar surface area (TPSA) is 85.3 Å². The maximum Gasteiger partial charge on any atom is 0.295 e. The second-order valence-corrected chi connectivity index (χ2v) is 9.40. The van der Waals surface area contributed by atoms with Crippen molar-refractivity contribution in [1.29, 1.82) is 0 Å². The van der Waals surface area contributed by atoms with E-state index in [1.165, 1.54) is 0 Å². The molecule has 0 spiro atoms. The van der Waals surface area contributed by atoms with E-state index in [2.05, 4.69) is 0 Å². The number of carbonyl (C=O) groups is 2. The normalized spacial score (nSPS) is 19.8. The molecule has 2 aromatic rings. The summed E-state index contributed by atoms with van der Waals surface area (Å²) in [4.78, 5) is 28.4. The summed E-state index contributed by atoms with van der Waals surface area (Å²) >= 11 is 0. The molecule has 1 unspecified atom stereocenters. The molecule has 2 fully saturated rings. The standard InChI is InChI=1S/C29H35NO6/c1-5-34-22-15-16-23(24(17-22)35-6-2)27(31)25-26(19-11-13-21(14-12-19)36-18(3)4)30(29(33)28(25)32)20-9-7-8-10-20/h11-18,20,26,31H,5-10H2,1-4H3/b27-25-. The fourth-order valence-electron chi connectivity index (χ4n) is 5.11. The molecule has 7 heteroatoms. The van der Waals surface area contributed by atoms with Crippen LogP contribution < -0.4 is 14.2 Å². The van der Waals surface area contributed by atoms with Gasteiger partial charge in [0.2, 0.25) is 0 Å². The van der Waals surface area contributed by atoms with Gasteiger partial charge in [0.05, 0.1) is 36.5 Å². The summed E-state index contributed by atoms with van der Waals surface area (Å²) in [7, 11) is 0. The lowest BCUT2D eigenvalue weighted by Crippen LogP contribution is -2.37. The fraction of sp³-hybridized carbons (Fsp3) is 0.448. The van der Waals surface area contributed by atoms with Crippen molar-refractivity contribution in [2.75, 3.05) is 13.2 Å². The summed E-state index contributed by atoms with van der Waals surface area (Å²) in [5.41, 5.74) is 1.19. The van der Waals surface area contributed by atoms with Crippen molar-refractivity contribution in [3.8, 4) is 17.2 Å². The first-order valence-electron chi connectivity index (χ1n) is 12.8. The highest BCUT2D eigenvalue weighted by molar-refractivity contribution is 6.46. The Morgan fingerprint density at radius 1 is 0.972 bits per heavy atom. The molecule has 1 saturated heterocycles. The Morgan fingerprint density at radius 2 is 1.61 bits per heavy atom. The Hall–Kier alpha value is -3.48. The predicted molar refractivity (Wildman–Crippen MR) is 137 cm³/mol. The van der Waals surface area contributed by atoms with Gasteiger partial charge in [0.15, 0.2) is 0 Å². The number of hydrogen-bond donors (Lipinski definition) is 1. The zero-order valence-electron chi connectivity index (χ0n) is 21.5. The zero-order valence-corrected chi connectivity index (χ0v) is 21.5. The molecule has 7 nitrogen and oxygen atoms in total. The summed E-state index contributed by atoms with van der Waals surface area (Å²) in [6, 6.07) is 11.8. The van der Waals surface area contributed by atoms with Crippen LogP contribution in [-0.2, 0) is 9.59 Å². The monoisotopic (exact) mass is 493 g/mol. The SMILES string of the molecule is CCOc1ccc(/C(O)=C2/C(=O)C(=O)N(C3CCCC3)C2c2ccc(OC(C)C)cc2)c(OCC)c1. The Bertz CT molecular complexity index is 1130. The van der Waals surface area contributed by atoms with E-state index in [0.29, 0.717) is 36.0 Å². The third kappa shape index (κ3) is 5.06. The van der Waals surface area contributed by atoms with Crippen LogP contribution in [0.4, 0.5) is 0 Å². The average molecular weight is 494 g/mol. The van der Waals surface area contributed by atoms with Crippen LogP contribution in [0, 0.1) is 0 Å². The van der Waals surface area contributed by atoms with Crippen LogP contribution >= 0.6 is 0 Å². The van der Waals surface area contributed by atoms with E-state index < -0.39 is 17.7 Å². The maximum atomic E-state index is 13.4. The van der Waals surface area contributed by atoms with E-state index in [-0.39, 0.29) is 23.5 Å². The summed E-state index contributed by atoms with van der Waals surface area (Å²) in [5, 5.41) is 11.5. The molecular formula is C29H35NO6. The minimum Gasteiger partial charge on any atom is -0.507 e. The smallest absolute Gasteiger partial charge is 0.295 e. The number of likely N-dealkylation sites (tertiary alicyclic amines) is 1. The number of ether oxygens (including phenoxy) is 3. The van der Waals surface area contributed by atoms with E-state index in [1.807, 2.05) is 52.0 Å². The van der Waals surface area contributed by atoms with Crippen LogP contribution in [0.15, 0.2) is 48.0 Å². The molecule has 2 aromatic carbocycles. The molecule has 4 rings (SSSR count). The zero-order chi connectivity index (χ0) is 25.8. The third-order valence-electron chi connectivity index (χ3n) is 6.58. The number of Topliss-reactive ketones (excluding diaryl/α,β-unsaturated/α-hetero) is 1. The van der Waals surface area contributed by atoms with E-state index >= 15 is 0 Å². The van der Waals surface area contributed by atoms with Crippen LogP contribution in [0.3, 0.4) is 0 Å². The molecule has 36 heavy (non-hydrogen) atoms. The number of hydrogen-bond acceptors (Lipinski definition) is 6. The molecule has 0 radical (unpaired) electrons. The lowest BCUT2D eigenvalue weighted by atomic mass is 9.94. The lowest BCUT2D eigenvalue weighted by Gasteiger charge is -2.31. The minimum absolute atomic E-state index is 0.0246. The summed E-state index contributed by atoms with van der Waals surface area (Å²) < 4.78 is 17.2. The molecule has 0 aromatic heterocycles. The predicted octanol–water partition coefficient (Wildman–Crippen LogP) is 5.64. The first-order valence-corrected chi connectivity index (χ1v) is 12.8. The highest BCUT2D eigenvalue weighted by atomic mass is 16.5. The van der Waals surface area contributed by atoms with Gasteiger partial charge in [0.1, 0.15) is 23.0 Å². The van der Waals surface area contributed by atoms with Crippen LogP contribution in [0.25, 0.3) is 5.76 Å². The average Bonchev–Trinajstić information content (AvgIpc) is 3.46. The number of ketones is 1. The van der Waals surface area contributed by atoms with Crippen molar-refractivity contribution >= 4 is 17.4 Å². The van der Waals surface area contributed by atoms with Gasteiger partial charge < -0.3 is 24.2 Å². The van der Waals surface area contributed by atoms with Gasteiger partial charge in [-0.2, -0.15) is 0 Å². The van der Waals surface area contributed by atoms with Crippen LogP contribution in [0.5, 0.6) is 17.2 Å². The summed E-state index contributed by atoms with van der Waals surface area (Å²) in [6.07, 6.45) is 3.72. The summed E-state index contributed by atoms with van der Waals surface area (Å²) in [5.74, 6) is 0.210. The number of rotatable bonds is 9. The fourth-order valence-corrected chi connectivity index (χ4v) is 5.11. The van der Waals surface area contributed by atoms with Gasteiger partial charge in [0, 0.05) is 12.1 Å². The van der Waals surface area contributed by atoms with E-state index in [9.17, 15) is 14.7 Å². The van der Waals surface area contributed by atoms with Gasteiger partial charge >= 0.3 is 0 Å². The molecule has 2 aliphatic rings. The third-order valence-corrected chi connectivity index (χ3v) is 6.58. The molecule has 1 aliphatic carbocycles. The van der Waals surface area contributed by atoms with E-state index in [1.54, 1.807) is 23.1 Å². The van der Waals surface area contributed by atoms with Crippen molar-refractivity contribution in [1.82, 2.24) is 4.90 Å². The van der Waals surface area contributed by atoms with Crippen LogP contribution in [0.1, 0.15) is 70.5 Å². The number of amides is 1. The molecular weight excluding hydrogens is 458 g/mol. The second-order valence-electron chi connectivity index (χ2n) is 9.40. The van der Waals surface area contributed by atoms with Gasteiger partial charge in [0.25, 0.3) is 11.7 Å². The molecule has 192 valence electrons. The second kappa shape index (κ2) is 11.1. The maximum absolute atomic E-state index is 13.4. The van der Waals surface area contributed by atoms with Gasteiger partial charge in [-0.3, -0.25) is 9.59 Å². The molecule has 1 atom stereocenters. The number of benzene rings is 2. The van der Waals surface area contributed by atoms with Crippen molar-refractivity contribution in [3.63, 3.8) is 0 Å². The van der Waals surface area contributed by atoms with E-state index in [0.717, 1.165) is 31.2 Å². The van der Waals surface area contributed by atoms with Crippen LogP contribution in [-0.4, -0.2) is 47.1 Å². The largest absolute Gasteiger partial charge is 0.507 e. The first kappa shape index (κ1) is 25.6. The molecule has 1 heterocycles. The minimum atomic E-state index is -0.692. The quantitative estimate of drug-likeness (QED) is 0.277. The van der Waals surface area contributed by atoms with E-state index in [4.69, 9.17) is 14.2 Å². The van der Waals surface area contributed by atoms with Crippen LogP contribution in [0.2, 0.25) is 0 Å². The molecule has 1 aliphatic heterocycles. The number of aliphatic hydroxyl groups excluding tert-OH is 1. The highest BCUT2D eigenvalue weighted by Gasteiger charge is 2.49. The molecule has 1 saturated carbocycles. The number of aliphatic hydroxyl groups is 1. The van der Waals surface area contributed by atoms with Crippen molar-refractivity contribution < 1.29 is 28.9 Å². The molecule has 1 amide bonds.